The van der Waals surface area contributed by atoms with Gasteiger partial charge in [0.05, 0.1) is 10.5 Å². The van der Waals surface area contributed by atoms with Gasteiger partial charge in [0.1, 0.15) is 30.3 Å². The van der Waals surface area contributed by atoms with Crippen molar-refractivity contribution in [3.8, 4) is 16.9 Å². The van der Waals surface area contributed by atoms with E-state index in [4.69, 9.17) is 16.3 Å². The lowest BCUT2D eigenvalue weighted by Crippen LogP contribution is -2.29. The number of H-pyrrole nitrogens is 1. The zero-order valence-corrected chi connectivity index (χ0v) is 22.2. The molecular formula is C31H29ClFN5O. The summed E-state index contributed by atoms with van der Waals surface area (Å²) < 4.78 is 19.3. The van der Waals surface area contributed by atoms with E-state index in [2.05, 4.69) is 49.6 Å². The van der Waals surface area contributed by atoms with Crippen LogP contribution in [0.25, 0.3) is 22.0 Å². The summed E-state index contributed by atoms with van der Waals surface area (Å²) in [6.07, 6.45) is 7.52. The van der Waals surface area contributed by atoms with E-state index in [1.807, 2.05) is 18.2 Å². The average Bonchev–Trinajstić information content (AvgIpc) is 3.42. The third-order valence-electron chi connectivity index (χ3n) is 7.03. The molecule has 3 aromatic carbocycles. The number of nitrogens with zero attached hydrogens (tertiary/aromatic N) is 3. The Morgan fingerprint density at radius 3 is 2.69 bits per heavy atom. The zero-order chi connectivity index (χ0) is 26.6. The summed E-state index contributed by atoms with van der Waals surface area (Å²) in [4.78, 5) is 14.9. The van der Waals surface area contributed by atoms with Crippen molar-refractivity contribution < 1.29 is 9.13 Å². The van der Waals surface area contributed by atoms with E-state index in [-0.39, 0.29) is 12.4 Å². The summed E-state index contributed by atoms with van der Waals surface area (Å²) >= 11 is 6.51. The third-order valence-corrected chi connectivity index (χ3v) is 7.33. The number of hydrogen-bond donors (Lipinski definition) is 2. The number of piperidine rings is 1. The zero-order valence-electron chi connectivity index (χ0n) is 21.5. The summed E-state index contributed by atoms with van der Waals surface area (Å²) in [5.41, 5.74) is 5.82. The van der Waals surface area contributed by atoms with Crippen LogP contribution in [0.3, 0.4) is 0 Å². The Hall–Kier alpha value is -3.94. The van der Waals surface area contributed by atoms with Crippen LogP contribution in [0.5, 0.6) is 5.75 Å². The maximum absolute atomic E-state index is 13.4. The minimum absolute atomic E-state index is 0.225. The number of halogens is 2. The molecule has 0 unspecified atom stereocenters. The van der Waals surface area contributed by atoms with Crippen molar-refractivity contribution in [2.75, 3.05) is 18.4 Å². The second-order valence-corrected chi connectivity index (χ2v) is 10.3. The molecule has 8 heteroatoms. The Balaban J connectivity index is 1.19. The Bertz CT molecular complexity index is 1600. The number of likely N-dealkylation sites (tertiary alicyclic amines) is 1. The monoisotopic (exact) mass is 541 g/mol. The molecule has 1 fully saturated rings. The predicted octanol–water partition coefficient (Wildman–Crippen LogP) is 7.73. The fraction of sp³-hybridized carbons (Fsp3) is 0.226. The first kappa shape index (κ1) is 25.3. The summed E-state index contributed by atoms with van der Waals surface area (Å²) in [5, 5.41) is 4.74. The van der Waals surface area contributed by atoms with Gasteiger partial charge in [-0.25, -0.2) is 14.4 Å². The minimum atomic E-state index is -0.295. The van der Waals surface area contributed by atoms with Crippen LogP contribution in [0.1, 0.15) is 30.5 Å². The normalized spacial score (nSPS) is 14.0. The summed E-state index contributed by atoms with van der Waals surface area (Å²) in [5.74, 6) is 0.918. The lowest BCUT2D eigenvalue weighted by Gasteiger charge is -2.25. The highest BCUT2D eigenvalue weighted by Gasteiger charge is 2.13. The maximum atomic E-state index is 13.4. The number of nitrogens with one attached hydrogen (secondary N) is 2. The molecule has 6 rings (SSSR count). The number of hydrogen-bond acceptors (Lipinski definition) is 5. The number of rotatable bonds is 8. The first-order chi connectivity index (χ1) is 19.1. The topological polar surface area (TPSA) is 66.1 Å². The van der Waals surface area contributed by atoms with Gasteiger partial charge in [0.25, 0.3) is 0 Å². The molecule has 5 aromatic rings. The quantitative estimate of drug-likeness (QED) is 0.210. The van der Waals surface area contributed by atoms with E-state index >= 15 is 0 Å². The number of fused-ring (bicyclic) bond motifs is 1. The van der Waals surface area contributed by atoms with Gasteiger partial charge in [0.2, 0.25) is 0 Å². The smallest absolute Gasteiger partial charge is 0.141 e. The predicted molar refractivity (Wildman–Crippen MR) is 154 cm³/mol. The molecule has 2 aromatic heterocycles. The van der Waals surface area contributed by atoms with Crippen LogP contribution in [-0.4, -0.2) is 32.9 Å². The van der Waals surface area contributed by atoms with Gasteiger partial charge in [-0.05, 0) is 91.2 Å². The SMILES string of the molecule is Fc1cccc(COc2ccc(Nc3ncnc4ccc(-c5c[nH]c(CN6CCCCC6)c5)cc34)cc2Cl)c1. The lowest BCUT2D eigenvalue weighted by molar-refractivity contribution is 0.219. The van der Waals surface area contributed by atoms with E-state index in [0.29, 0.717) is 16.6 Å². The minimum Gasteiger partial charge on any atom is -0.487 e. The van der Waals surface area contributed by atoms with Gasteiger partial charge >= 0.3 is 0 Å². The Morgan fingerprint density at radius 2 is 1.85 bits per heavy atom. The van der Waals surface area contributed by atoms with Crippen molar-refractivity contribution in [3.05, 3.63) is 101 Å². The maximum Gasteiger partial charge on any atom is 0.141 e. The number of aromatic amines is 1. The molecule has 0 aliphatic carbocycles. The molecule has 0 saturated carbocycles. The van der Waals surface area contributed by atoms with Gasteiger partial charge in [-0.3, -0.25) is 4.90 Å². The molecule has 3 heterocycles. The van der Waals surface area contributed by atoms with Gasteiger partial charge in [-0.15, -0.1) is 0 Å². The van der Waals surface area contributed by atoms with E-state index < -0.39 is 0 Å². The first-order valence-electron chi connectivity index (χ1n) is 13.2. The lowest BCUT2D eigenvalue weighted by atomic mass is 10.1. The van der Waals surface area contributed by atoms with Gasteiger partial charge < -0.3 is 15.0 Å². The summed E-state index contributed by atoms with van der Waals surface area (Å²) in [6.45, 7) is 3.51. The van der Waals surface area contributed by atoms with E-state index in [9.17, 15) is 4.39 Å². The molecule has 39 heavy (non-hydrogen) atoms. The molecule has 2 N–H and O–H groups in total. The molecule has 1 aliphatic rings. The van der Waals surface area contributed by atoms with E-state index in [1.165, 1.54) is 50.2 Å². The second kappa shape index (κ2) is 11.4. The number of anilines is 2. The van der Waals surface area contributed by atoms with Crippen LogP contribution >= 0.6 is 11.6 Å². The van der Waals surface area contributed by atoms with Crippen LogP contribution in [0, 0.1) is 5.82 Å². The molecule has 1 saturated heterocycles. The van der Waals surface area contributed by atoms with Crippen molar-refractivity contribution in [2.45, 2.75) is 32.4 Å². The van der Waals surface area contributed by atoms with E-state index in [0.717, 1.165) is 39.8 Å². The molecule has 0 amide bonds. The van der Waals surface area contributed by atoms with Crippen molar-refractivity contribution >= 4 is 34.0 Å². The first-order valence-corrected chi connectivity index (χ1v) is 13.6. The molecule has 1 aliphatic heterocycles. The van der Waals surface area contributed by atoms with Crippen LogP contribution in [0.4, 0.5) is 15.9 Å². The van der Waals surface area contributed by atoms with Crippen molar-refractivity contribution in [2.24, 2.45) is 0 Å². The number of aromatic nitrogens is 3. The van der Waals surface area contributed by atoms with Crippen LogP contribution in [-0.2, 0) is 13.2 Å². The molecular weight excluding hydrogens is 513 g/mol. The van der Waals surface area contributed by atoms with Crippen LogP contribution in [0.15, 0.2) is 79.3 Å². The molecule has 0 bridgehead atoms. The largest absolute Gasteiger partial charge is 0.487 e. The summed E-state index contributed by atoms with van der Waals surface area (Å²) in [7, 11) is 0. The number of benzene rings is 3. The molecule has 198 valence electrons. The van der Waals surface area contributed by atoms with E-state index in [1.54, 1.807) is 24.5 Å². The Kier molecular flexibility index (Phi) is 7.43. The fourth-order valence-electron chi connectivity index (χ4n) is 5.01. The number of ether oxygens (including phenoxy) is 1. The highest BCUT2D eigenvalue weighted by Crippen LogP contribution is 2.32. The molecule has 0 radical (unpaired) electrons. The Labute approximate surface area is 231 Å². The van der Waals surface area contributed by atoms with Crippen molar-refractivity contribution in [1.29, 1.82) is 0 Å². The van der Waals surface area contributed by atoms with Gasteiger partial charge in [-0.1, -0.05) is 36.2 Å². The Morgan fingerprint density at radius 1 is 0.949 bits per heavy atom. The van der Waals surface area contributed by atoms with Crippen molar-refractivity contribution in [3.63, 3.8) is 0 Å². The third kappa shape index (κ3) is 6.05. The fourth-order valence-corrected chi connectivity index (χ4v) is 5.25. The van der Waals surface area contributed by atoms with Crippen molar-refractivity contribution in [1.82, 2.24) is 19.9 Å². The molecule has 6 nitrogen and oxygen atoms in total. The van der Waals surface area contributed by atoms with Gasteiger partial charge in [-0.2, -0.15) is 0 Å². The summed E-state index contributed by atoms with van der Waals surface area (Å²) in [6, 6.07) is 20.2. The average molecular weight is 542 g/mol. The van der Waals surface area contributed by atoms with Gasteiger partial charge in [0, 0.05) is 29.5 Å². The highest BCUT2D eigenvalue weighted by atomic mass is 35.5. The highest BCUT2D eigenvalue weighted by molar-refractivity contribution is 6.32. The molecule has 0 atom stereocenters. The standard InChI is InChI=1S/C31H29ClFN5O/c32-28-16-25(8-10-30(28)39-19-21-5-4-6-24(33)13-21)37-31-27-15-22(7-9-29(27)35-20-36-31)23-14-26(34-17-23)18-38-11-2-1-3-12-38/h4-10,13-17,20,34H,1-3,11-12,18-19H2,(H,35,36,37). The van der Waals surface area contributed by atoms with Crippen LogP contribution < -0.4 is 10.1 Å². The molecule has 0 spiro atoms. The van der Waals surface area contributed by atoms with Gasteiger partial charge in [0.15, 0.2) is 0 Å². The van der Waals surface area contributed by atoms with Crippen LogP contribution in [0.2, 0.25) is 5.02 Å². The second-order valence-electron chi connectivity index (χ2n) is 9.89.